The summed E-state index contributed by atoms with van der Waals surface area (Å²) in [5.74, 6) is 0.785. The van der Waals surface area contributed by atoms with Gasteiger partial charge < -0.3 is 10.1 Å². The van der Waals surface area contributed by atoms with E-state index in [0.717, 1.165) is 23.4 Å². The molecule has 0 saturated carbocycles. The third-order valence-electron chi connectivity index (χ3n) is 4.60. The average molecular weight is 374 g/mol. The molecule has 3 rings (SSSR count). The highest BCUT2D eigenvalue weighted by Gasteiger charge is 2.18. The van der Waals surface area contributed by atoms with Crippen molar-refractivity contribution in [2.45, 2.75) is 12.6 Å². The quantitative estimate of drug-likeness (QED) is 0.647. The predicted octanol–water partition coefficient (Wildman–Crippen LogP) is 4.03. The van der Waals surface area contributed by atoms with E-state index in [1.54, 1.807) is 7.11 Å². The molecule has 0 spiro atoms. The van der Waals surface area contributed by atoms with Gasteiger partial charge in [0.25, 0.3) is 0 Å². The first kappa shape index (κ1) is 19.6. The van der Waals surface area contributed by atoms with Crippen LogP contribution in [0.25, 0.3) is 0 Å². The first-order valence-corrected chi connectivity index (χ1v) is 9.36. The molecule has 0 aliphatic carbocycles. The number of amides is 1. The second-order valence-corrected chi connectivity index (χ2v) is 6.84. The van der Waals surface area contributed by atoms with Crippen molar-refractivity contribution in [3.63, 3.8) is 0 Å². The van der Waals surface area contributed by atoms with E-state index in [4.69, 9.17) is 4.74 Å². The van der Waals surface area contributed by atoms with Crippen LogP contribution in [0, 0.1) is 0 Å². The van der Waals surface area contributed by atoms with Gasteiger partial charge in [0, 0.05) is 6.54 Å². The highest BCUT2D eigenvalue weighted by atomic mass is 16.5. The van der Waals surface area contributed by atoms with Gasteiger partial charge in [-0.25, -0.2) is 0 Å². The highest BCUT2D eigenvalue weighted by molar-refractivity contribution is 5.79. The fraction of sp³-hybridized carbons (Fsp3) is 0.208. The fourth-order valence-electron chi connectivity index (χ4n) is 3.20. The van der Waals surface area contributed by atoms with Crippen LogP contribution in [0.3, 0.4) is 0 Å². The van der Waals surface area contributed by atoms with Crippen LogP contribution in [0.2, 0.25) is 0 Å². The maximum absolute atomic E-state index is 12.7. The normalized spacial score (nSPS) is 11.8. The number of nitrogens with one attached hydrogen (secondary N) is 1. The number of carbonyl (C=O) groups excluding carboxylic acids is 1. The minimum Gasteiger partial charge on any atom is -0.497 e. The summed E-state index contributed by atoms with van der Waals surface area (Å²) in [5.41, 5.74) is 3.25. The Morgan fingerprint density at radius 2 is 1.46 bits per heavy atom. The zero-order valence-electron chi connectivity index (χ0n) is 16.3. The Morgan fingerprint density at radius 1 is 0.893 bits per heavy atom. The lowest BCUT2D eigenvalue weighted by atomic mass is 9.98. The van der Waals surface area contributed by atoms with E-state index in [1.807, 2.05) is 84.7 Å². The molecular weight excluding hydrogens is 348 g/mol. The van der Waals surface area contributed by atoms with Crippen LogP contribution >= 0.6 is 0 Å². The highest BCUT2D eigenvalue weighted by Crippen LogP contribution is 2.24. The first-order chi connectivity index (χ1) is 13.7. The van der Waals surface area contributed by atoms with Gasteiger partial charge >= 0.3 is 0 Å². The molecule has 0 unspecified atom stereocenters. The van der Waals surface area contributed by atoms with Crippen molar-refractivity contribution in [3.8, 4) is 5.75 Å². The molecule has 3 aromatic rings. The topological polar surface area (TPSA) is 41.6 Å². The Bertz CT molecular complexity index is 864. The van der Waals surface area contributed by atoms with Crippen molar-refractivity contribution in [3.05, 3.63) is 102 Å². The largest absolute Gasteiger partial charge is 0.497 e. The van der Waals surface area contributed by atoms with Crippen LogP contribution < -0.4 is 10.1 Å². The zero-order chi connectivity index (χ0) is 19.8. The number of hydrogen-bond acceptors (Lipinski definition) is 3. The number of methoxy groups -OCH3 is 1. The molecule has 4 heteroatoms. The van der Waals surface area contributed by atoms with E-state index < -0.39 is 0 Å². The summed E-state index contributed by atoms with van der Waals surface area (Å²) in [5, 5.41) is 3.18. The Hall–Kier alpha value is -3.11. The summed E-state index contributed by atoms with van der Waals surface area (Å²) in [6.07, 6.45) is 0. The predicted molar refractivity (Wildman–Crippen MR) is 112 cm³/mol. The molecule has 0 fully saturated rings. The van der Waals surface area contributed by atoms with E-state index in [-0.39, 0.29) is 11.9 Å². The first-order valence-electron chi connectivity index (χ1n) is 9.36. The van der Waals surface area contributed by atoms with Crippen molar-refractivity contribution >= 4 is 5.91 Å². The number of likely N-dealkylation sites (N-methyl/N-ethyl adjacent to an activating group) is 1. The smallest absolute Gasteiger partial charge is 0.234 e. The van der Waals surface area contributed by atoms with Crippen LogP contribution in [0.1, 0.15) is 22.7 Å². The van der Waals surface area contributed by atoms with Crippen LogP contribution in [-0.2, 0) is 11.3 Å². The SMILES string of the molecule is COc1ccc([C@@H](NC(=O)CN(C)Cc2ccccc2)c2ccccc2)cc1. The molecule has 0 saturated heterocycles. The minimum atomic E-state index is -0.204. The summed E-state index contributed by atoms with van der Waals surface area (Å²) in [6.45, 7) is 1.06. The van der Waals surface area contributed by atoms with Crippen molar-refractivity contribution < 1.29 is 9.53 Å². The van der Waals surface area contributed by atoms with E-state index in [9.17, 15) is 4.79 Å². The molecule has 4 nitrogen and oxygen atoms in total. The number of ether oxygens (including phenoxy) is 1. The van der Waals surface area contributed by atoms with Crippen molar-refractivity contribution in [2.24, 2.45) is 0 Å². The average Bonchev–Trinajstić information content (AvgIpc) is 2.73. The molecule has 0 heterocycles. The number of benzene rings is 3. The monoisotopic (exact) mass is 374 g/mol. The van der Waals surface area contributed by atoms with Gasteiger partial charge in [-0.05, 0) is 35.9 Å². The van der Waals surface area contributed by atoms with Gasteiger partial charge in [0.1, 0.15) is 5.75 Å². The third kappa shape index (κ3) is 5.44. The molecule has 0 radical (unpaired) electrons. The molecule has 144 valence electrons. The molecule has 0 aromatic heterocycles. The molecule has 1 atom stereocenters. The Labute approximate surface area is 166 Å². The summed E-state index contributed by atoms with van der Waals surface area (Å²) in [6, 6.07) is 27.8. The van der Waals surface area contributed by atoms with Crippen molar-refractivity contribution in [2.75, 3.05) is 20.7 Å². The maximum atomic E-state index is 12.7. The Morgan fingerprint density at radius 3 is 2.07 bits per heavy atom. The Balaban J connectivity index is 1.70. The third-order valence-corrected chi connectivity index (χ3v) is 4.60. The lowest BCUT2D eigenvalue weighted by Crippen LogP contribution is -2.37. The fourth-order valence-corrected chi connectivity index (χ4v) is 3.20. The number of hydrogen-bond donors (Lipinski definition) is 1. The summed E-state index contributed by atoms with van der Waals surface area (Å²) in [4.78, 5) is 14.8. The number of nitrogens with zero attached hydrogens (tertiary/aromatic N) is 1. The summed E-state index contributed by atoms with van der Waals surface area (Å²) in [7, 11) is 3.60. The zero-order valence-corrected chi connectivity index (χ0v) is 16.3. The van der Waals surface area contributed by atoms with Crippen LogP contribution in [-0.4, -0.2) is 31.5 Å². The Kier molecular flexibility index (Phi) is 6.82. The van der Waals surface area contributed by atoms with Gasteiger partial charge in [-0.2, -0.15) is 0 Å². The second kappa shape index (κ2) is 9.72. The van der Waals surface area contributed by atoms with Crippen LogP contribution in [0.4, 0.5) is 0 Å². The lowest BCUT2D eigenvalue weighted by molar-refractivity contribution is -0.122. The summed E-state index contributed by atoms with van der Waals surface area (Å²) >= 11 is 0. The molecule has 28 heavy (non-hydrogen) atoms. The van der Waals surface area contributed by atoms with Gasteiger partial charge in [0.05, 0.1) is 19.7 Å². The second-order valence-electron chi connectivity index (χ2n) is 6.84. The molecule has 0 bridgehead atoms. The number of rotatable bonds is 8. The molecule has 1 amide bonds. The van der Waals surface area contributed by atoms with Crippen molar-refractivity contribution in [1.82, 2.24) is 10.2 Å². The van der Waals surface area contributed by atoms with Gasteiger partial charge in [-0.1, -0.05) is 72.8 Å². The van der Waals surface area contributed by atoms with Gasteiger partial charge in [0.15, 0.2) is 0 Å². The molecule has 1 N–H and O–H groups in total. The van der Waals surface area contributed by atoms with E-state index in [1.165, 1.54) is 5.56 Å². The molecule has 0 aliphatic rings. The van der Waals surface area contributed by atoms with Gasteiger partial charge in [-0.15, -0.1) is 0 Å². The summed E-state index contributed by atoms with van der Waals surface area (Å²) < 4.78 is 5.25. The van der Waals surface area contributed by atoms with E-state index >= 15 is 0 Å². The lowest BCUT2D eigenvalue weighted by Gasteiger charge is -2.22. The van der Waals surface area contributed by atoms with Gasteiger partial charge in [0.2, 0.25) is 5.91 Å². The number of carbonyl (C=O) groups is 1. The molecule has 3 aromatic carbocycles. The van der Waals surface area contributed by atoms with Gasteiger partial charge in [-0.3, -0.25) is 9.69 Å². The maximum Gasteiger partial charge on any atom is 0.234 e. The minimum absolute atomic E-state index is 0.0110. The van der Waals surface area contributed by atoms with Crippen LogP contribution in [0.5, 0.6) is 5.75 Å². The molecule has 0 aliphatic heterocycles. The van der Waals surface area contributed by atoms with E-state index in [0.29, 0.717) is 6.54 Å². The van der Waals surface area contributed by atoms with E-state index in [2.05, 4.69) is 17.4 Å². The standard InChI is InChI=1S/C24H26N2O2/c1-26(17-19-9-5-3-6-10-19)18-23(27)25-24(20-11-7-4-8-12-20)21-13-15-22(28-2)16-14-21/h3-16,24H,17-18H2,1-2H3,(H,25,27)/t24-/m0/s1. The van der Waals surface area contributed by atoms with Crippen molar-refractivity contribution in [1.29, 1.82) is 0 Å². The van der Waals surface area contributed by atoms with Crippen LogP contribution in [0.15, 0.2) is 84.9 Å². The molecular formula is C24H26N2O2.